The van der Waals surface area contributed by atoms with Crippen LogP contribution in [0.5, 0.6) is 0 Å². The first-order valence-electron chi connectivity index (χ1n) is 7.31. The quantitative estimate of drug-likeness (QED) is 0.657. The number of hydrogen-bond donors (Lipinski definition) is 2. The van der Waals surface area contributed by atoms with Crippen LogP contribution in [0, 0.1) is 18.8 Å². The number of benzene rings is 1. The fraction of sp³-hybridized carbons (Fsp3) is 0.353. The van der Waals surface area contributed by atoms with Crippen molar-refractivity contribution in [1.82, 2.24) is 0 Å². The first-order valence-corrected chi connectivity index (χ1v) is 7.31. The van der Waals surface area contributed by atoms with Crippen molar-refractivity contribution in [2.75, 3.05) is 12.4 Å². The van der Waals surface area contributed by atoms with Gasteiger partial charge in [-0.3, -0.25) is 9.59 Å². The monoisotopic (exact) mass is 317 g/mol. The fourth-order valence-electron chi connectivity index (χ4n) is 2.60. The number of amides is 1. The van der Waals surface area contributed by atoms with Crippen molar-refractivity contribution >= 4 is 23.5 Å². The van der Waals surface area contributed by atoms with Gasteiger partial charge in [-0.1, -0.05) is 18.2 Å². The molecule has 0 saturated carbocycles. The molecule has 0 saturated heterocycles. The number of anilines is 1. The van der Waals surface area contributed by atoms with Gasteiger partial charge in [0.2, 0.25) is 5.91 Å². The van der Waals surface area contributed by atoms with Gasteiger partial charge in [-0.2, -0.15) is 0 Å². The van der Waals surface area contributed by atoms with E-state index in [1.165, 1.54) is 13.2 Å². The molecular formula is C17H19NO5. The third-order valence-electron chi connectivity index (χ3n) is 4.00. The molecule has 23 heavy (non-hydrogen) atoms. The second-order valence-corrected chi connectivity index (χ2v) is 5.50. The van der Waals surface area contributed by atoms with Gasteiger partial charge in [-0.15, -0.1) is 0 Å². The van der Waals surface area contributed by atoms with E-state index in [0.717, 1.165) is 5.56 Å². The Labute approximate surface area is 134 Å². The van der Waals surface area contributed by atoms with Gasteiger partial charge in [0.15, 0.2) is 0 Å². The van der Waals surface area contributed by atoms with Crippen molar-refractivity contribution in [1.29, 1.82) is 0 Å². The zero-order valence-corrected chi connectivity index (χ0v) is 13.0. The number of allylic oxidation sites excluding steroid dienone is 2. The van der Waals surface area contributed by atoms with Gasteiger partial charge in [0.1, 0.15) is 0 Å². The Bertz CT molecular complexity index is 665. The summed E-state index contributed by atoms with van der Waals surface area (Å²) in [5.74, 6) is -3.19. The van der Waals surface area contributed by atoms with E-state index in [4.69, 9.17) is 0 Å². The largest absolute Gasteiger partial charge is 0.481 e. The molecule has 0 aliphatic heterocycles. The number of esters is 1. The van der Waals surface area contributed by atoms with E-state index >= 15 is 0 Å². The molecule has 0 radical (unpaired) electrons. The number of carboxylic acids is 1. The predicted molar refractivity (Wildman–Crippen MR) is 84.1 cm³/mol. The lowest BCUT2D eigenvalue weighted by molar-refractivity contribution is -0.146. The summed E-state index contributed by atoms with van der Waals surface area (Å²) in [5.41, 5.74) is 1.59. The molecule has 2 N–H and O–H groups in total. The molecule has 6 heteroatoms. The Morgan fingerprint density at radius 2 is 1.83 bits per heavy atom. The Hall–Kier alpha value is -2.63. The van der Waals surface area contributed by atoms with Crippen LogP contribution in [0.25, 0.3) is 0 Å². The topological polar surface area (TPSA) is 92.7 Å². The lowest BCUT2D eigenvalue weighted by Crippen LogP contribution is -2.34. The van der Waals surface area contributed by atoms with Gasteiger partial charge in [0.25, 0.3) is 0 Å². The minimum Gasteiger partial charge on any atom is -0.481 e. The van der Waals surface area contributed by atoms with Crippen LogP contribution in [0.4, 0.5) is 5.69 Å². The maximum atomic E-state index is 12.5. The van der Waals surface area contributed by atoms with Gasteiger partial charge in [-0.25, -0.2) is 4.79 Å². The number of carbonyl (C=O) groups is 3. The van der Waals surface area contributed by atoms with Gasteiger partial charge >= 0.3 is 11.9 Å². The van der Waals surface area contributed by atoms with E-state index in [1.54, 1.807) is 25.1 Å². The average molecular weight is 317 g/mol. The van der Waals surface area contributed by atoms with Crippen molar-refractivity contribution in [3.05, 3.63) is 41.5 Å². The van der Waals surface area contributed by atoms with E-state index in [0.29, 0.717) is 24.1 Å². The molecule has 0 bridgehead atoms. The van der Waals surface area contributed by atoms with Crippen molar-refractivity contribution in [3.63, 3.8) is 0 Å². The molecule has 1 aliphatic carbocycles. The van der Waals surface area contributed by atoms with E-state index in [-0.39, 0.29) is 5.91 Å². The predicted octanol–water partition coefficient (Wildman–Crippen LogP) is 2.39. The number of hydrogen-bond acceptors (Lipinski definition) is 4. The van der Waals surface area contributed by atoms with Crippen LogP contribution in [0.1, 0.15) is 28.8 Å². The fourth-order valence-corrected chi connectivity index (χ4v) is 2.60. The van der Waals surface area contributed by atoms with Gasteiger partial charge in [0.05, 0.1) is 24.5 Å². The molecule has 2 rings (SSSR count). The Morgan fingerprint density at radius 1 is 1.17 bits per heavy atom. The molecule has 0 unspecified atom stereocenters. The summed E-state index contributed by atoms with van der Waals surface area (Å²) in [4.78, 5) is 35.3. The molecular weight excluding hydrogens is 298 g/mol. The third kappa shape index (κ3) is 3.77. The Balaban J connectivity index is 2.21. The minimum absolute atomic E-state index is 0.326. The van der Waals surface area contributed by atoms with Crippen molar-refractivity contribution in [2.24, 2.45) is 11.8 Å². The normalized spacial score (nSPS) is 19.9. The van der Waals surface area contributed by atoms with Crippen LogP contribution in [-0.2, 0) is 14.3 Å². The summed E-state index contributed by atoms with van der Waals surface area (Å²) in [7, 11) is 1.28. The average Bonchev–Trinajstić information content (AvgIpc) is 2.56. The van der Waals surface area contributed by atoms with Crippen molar-refractivity contribution in [2.45, 2.75) is 19.8 Å². The Morgan fingerprint density at radius 3 is 2.43 bits per heavy atom. The molecule has 1 amide bonds. The van der Waals surface area contributed by atoms with E-state index in [2.05, 4.69) is 10.1 Å². The van der Waals surface area contributed by atoms with Gasteiger partial charge in [-0.05, 0) is 37.5 Å². The maximum absolute atomic E-state index is 12.5. The first-order chi connectivity index (χ1) is 10.9. The molecule has 1 aromatic rings. The number of carbonyl (C=O) groups excluding carboxylic acids is 2. The number of aliphatic carboxylic acids is 1. The summed E-state index contributed by atoms with van der Waals surface area (Å²) >= 11 is 0. The Kier molecular flexibility index (Phi) is 5.16. The summed E-state index contributed by atoms with van der Waals surface area (Å²) in [6, 6.07) is 4.85. The molecule has 0 fully saturated rings. The highest BCUT2D eigenvalue weighted by molar-refractivity contribution is 5.98. The summed E-state index contributed by atoms with van der Waals surface area (Å²) in [5, 5.41) is 12.0. The van der Waals surface area contributed by atoms with Crippen LogP contribution >= 0.6 is 0 Å². The van der Waals surface area contributed by atoms with Gasteiger partial charge < -0.3 is 15.2 Å². The highest BCUT2D eigenvalue weighted by Crippen LogP contribution is 2.28. The van der Waals surface area contributed by atoms with Crippen molar-refractivity contribution < 1.29 is 24.2 Å². The van der Waals surface area contributed by atoms with Crippen LogP contribution in [0.2, 0.25) is 0 Å². The number of aryl methyl sites for hydroxylation is 1. The molecule has 0 aromatic heterocycles. The molecule has 0 heterocycles. The van der Waals surface area contributed by atoms with Crippen LogP contribution in [0.3, 0.4) is 0 Å². The second kappa shape index (κ2) is 7.09. The lowest BCUT2D eigenvalue weighted by Gasteiger charge is -2.24. The smallest absolute Gasteiger partial charge is 0.337 e. The molecule has 6 nitrogen and oxygen atoms in total. The van der Waals surface area contributed by atoms with E-state index < -0.39 is 23.8 Å². The van der Waals surface area contributed by atoms with Crippen LogP contribution in [-0.4, -0.2) is 30.1 Å². The SMILES string of the molecule is COC(=O)c1ccc(C)c(NC(=O)[C@H]2CC=CC[C@H]2C(=O)O)c1. The number of methoxy groups -OCH3 is 1. The molecule has 122 valence electrons. The first kappa shape index (κ1) is 16.7. The molecule has 0 spiro atoms. The summed E-state index contributed by atoms with van der Waals surface area (Å²) < 4.78 is 4.66. The number of carboxylic acid groups (broad SMARTS) is 1. The molecule has 1 aromatic carbocycles. The summed E-state index contributed by atoms with van der Waals surface area (Å²) in [6.07, 6.45) is 4.33. The van der Waals surface area contributed by atoms with Crippen LogP contribution in [0.15, 0.2) is 30.4 Å². The molecule has 2 atom stereocenters. The third-order valence-corrected chi connectivity index (χ3v) is 4.00. The highest BCUT2D eigenvalue weighted by Gasteiger charge is 2.34. The standard InChI is InChI=1S/C17H19NO5/c1-10-7-8-11(17(22)23-2)9-14(10)18-15(19)12-5-3-4-6-13(12)16(20)21/h3-4,7-9,12-13H,5-6H2,1-2H3,(H,18,19)(H,20,21)/t12-,13+/m0/s1. The zero-order valence-electron chi connectivity index (χ0n) is 13.0. The number of ether oxygens (including phenoxy) is 1. The zero-order chi connectivity index (χ0) is 17.0. The summed E-state index contributed by atoms with van der Waals surface area (Å²) in [6.45, 7) is 1.80. The van der Waals surface area contributed by atoms with Crippen molar-refractivity contribution in [3.8, 4) is 0 Å². The molecule has 1 aliphatic rings. The highest BCUT2D eigenvalue weighted by atomic mass is 16.5. The number of rotatable bonds is 4. The van der Waals surface area contributed by atoms with Gasteiger partial charge in [0, 0.05) is 5.69 Å². The number of nitrogens with one attached hydrogen (secondary N) is 1. The van der Waals surface area contributed by atoms with E-state index in [1.807, 2.05) is 6.08 Å². The van der Waals surface area contributed by atoms with E-state index in [9.17, 15) is 19.5 Å². The van der Waals surface area contributed by atoms with Crippen LogP contribution < -0.4 is 5.32 Å². The minimum atomic E-state index is -0.977. The second-order valence-electron chi connectivity index (χ2n) is 5.50. The maximum Gasteiger partial charge on any atom is 0.337 e. The lowest BCUT2D eigenvalue weighted by atomic mass is 9.82.